The Bertz CT molecular complexity index is 2030. The molecule has 2 bridgehead atoms. The van der Waals surface area contributed by atoms with Crippen molar-refractivity contribution in [3.05, 3.63) is 46.6 Å². The number of rotatable bonds is 5. The van der Waals surface area contributed by atoms with Gasteiger partial charge in [0, 0.05) is 61.1 Å². The zero-order chi connectivity index (χ0) is 42.1. The van der Waals surface area contributed by atoms with Crippen LogP contribution in [-0.4, -0.2) is 107 Å². The number of allylic oxidation sites excluding steroid dienone is 2. The highest BCUT2D eigenvalue weighted by molar-refractivity contribution is 5.96. The monoisotopic (exact) mass is 817 g/mol. The van der Waals surface area contributed by atoms with Gasteiger partial charge in [0.2, 0.25) is 0 Å². The molecule has 10 aliphatic rings. The third kappa shape index (κ3) is 4.70. The van der Waals surface area contributed by atoms with Crippen LogP contribution < -0.4 is 5.32 Å². The van der Waals surface area contributed by atoms with E-state index in [1.54, 1.807) is 6.08 Å². The fourth-order valence-corrected chi connectivity index (χ4v) is 17.4. The van der Waals surface area contributed by atoms with Gasteiger partial charge in [0.1, 0.15) is 22.7 Å². The smallest absolute Gasteiger partial charge is 0.160 e. The zero-order valence-electron chi connectivity index (χ0n) is 35.5. The van der Waals surface area contributed by atoms with Gasteiger partial charge in [0.15, 0.2) is 5.78 Å². The molecule has 1 aliphatic heterocycles. The number of ether oxygens (including phenoxy) is 1. The Labute approximate surface area is 348 Å². The standard InChI is InChI=1S/C48H67NO10/c1-6-49-23-26-20-41(3)13-10-30(26)48(40(55)25(41)2)46(57,15-16-50)39-34(59-48)21-47(58)31-19-33(53)37-36-29-17-27(51)18-32(52)28(29)9-14-45(36,56)35(54)22-42(37,4)38(31)44(11-7-8-12-44)24-43(39,47)5/h17-20,25,30,34-40,49-52,54-58H,6-16,21-24H2,1-5H3. The van der Waals surface area contributed by atoms with Gasteiger partial charge < -0.3 is 50.9 Å². The first-order valence-corrected chi connectivity index (χ1v) is 22.8. The Kier molecular flexibility index (Phi) is 8.72. The largest absolute Gasteiger partial charge is 0.508 e. The molecule has 0 radical (unpaired) electrons. The van der Waals surface area contributed by atoms with Crippen molar-refractivity contribution in [1.82, 2.24) is 5.32 Å². The molecule has 2 spiro atoms. The number of hydrogen-bond donors (Lipinski definition) is 9. The van der Waals surface area contributed by atoms with Gasteiger partial charge in [-0.25, -0.2) is 0 Å². The highest BCUT2D eigenvalue weighted by atomic mass is 16.6. The Morgan fingerprint density at radius 2 is 1.69 bits per heavy atom. The lowest BCUT2D eigenvalue weighted by Crippen LogP contribution is -2.72. The number of nitrogens with one attached hydrogen (secondary N) is 1. The second-order valence-corrected chi connectivity index (χ2v) is 22.0. The Morgan fingerprint density at radius 1 is 0.966 bits per heavy atom. The van der Waals surface area contributed by atoms with E-state index >= 15 is 4.79 Å². The predicted molar refractivity (Wildman–Crippen MR) is 218 cm³/mol. The second kappa shape index (κ2) is 12.6. The van der Waals surface area contributed by atoms with E-state index in [0.717, 1.165) is 44.2 Å². The van der Waals surface area contributed by atoms with Crippen molar-refractivity contribution >= 4 is 5.78 Å². The molecule has 11 nitrogen and oxygen atoms in total. The molecule has 11 rings (SSSR count). The normalized spacial score (nSPS) is 51.3. The number of carbonyl (C=O) groups excluding carboxylic acids is 1. The van der Waals surface area contributed by atoms with Crippen LogP contribution in [0.15, 0.2) is 35.4 Å². The van der Waals surface area contributed by atoms with E-state index in [0.29, 0.717) is 36.1 Å². The van der Waals surface area contributed by atoms with Gasteiger partial charge in [-0.05, 0) is 115 Å². The minimum absolute atomic E-state index is 0.0366. The predicted octanol–water partition coefficient (Wildman–Crippen LogP) is 4.31. The molecule has 11 heteroatoms. The number of benzene rings is 1. The van der Waals surface area contributed by atoms with Gasteiger partial charge in [0.05, 0.1) is 29.5 Å². The zero-order valence-corrected chi connectivity index (χ0v) is 35.5. The van der Waals surface area contributed by atoms with E-state index in [1.807, 2.05) is 0 Å². The second-order valence-electron chi connectivity index (χ2n) is 22.0. The van der Waals surface area contributed by atoms with Crippen molar-refractivity contribution in [2.24, 2.45) is 51.2 Å². The van der Waals surface area contributed by atoms with Gasteiger partial charge in [-0.15, -0.1) is 0 Å². The van der Waals surface area contributed by atoms with Crippen LogP contribution in [0.25, 0.3) is 0 Å². The average molecular weight is 818 g/mol. The van der Waals surface area contributed by atoms with E-state index in [-0.39, 0.29) is 79.2 Å². The maximum atomic E-state index is 15.2. The molecule has 1 heterocycles. The maximum absolute atomic E-state index is 15.2. The molecule has 16 unspecified atom stereocenters. The van der Waals surface area contributed by atoms with Crippen LogP contribution in [0.4, 0.5) is 0 Å². The average Bonchev–Trinajstić information content (AvgIpc) is 3.76. The minimum atomic E-state index is -1.74. The molecule has 5 saturated carbocycles. The molecule has 324 valence electrons. The molecular formula is C48H67NO10. The van der Waals surface area contributed by atoms with Gasteiger partial charge in [0.25, 0.3) is 0 Å². The fraction of sp³-hybridized carbons (Fsp3) is 0.771. The molecule has 9 aliphatic carbocycles. The molecule has 0 aromatic heterocycles. The number of phenolic OH excluding ortho intramolecular Hbond substituents is 2. The molecule has 1 aromatic rings. The topological polar surface area (TPSA) is 200 Å². The number of ketones is 1. The number of hydrogen-bond acceptors (Lipinski definition) is 11. The van der Waals surface area contributed by atoms with Crippen molar-refractivity contribution in [3.8, 4) is 11.5 Å². The Hall–Kier alpha value is -2.35. The van der Waals surface area contributed by atoms with Gasteiger partial charge >= 0.3 is 0 Å². The van der Waals surface area contributed by atoms with Crippen molar-refractivity contribution in [3.63, 3.8) is 0 Å². The first-order chi connectivity index (χ1) is 27.8. The maximum Gasteiger partial charge on any atom is 0.160 e. The molecule has 16 atom stereocenters. The Morgan fingerprint density at radius 3 is 2.39 bits per heavy atom. The third-order valence-electron chi connectivity index (χ3n) is 19.6. The van der Waals surface area contributed by atoms with Crippen LogP contribution >= 0.6 is 0 Å². The summed E-state index contributed by atoms with van der Waals surface area (Å²) in [5.41, 5.74) is -6.40. The van der Waals surface area contributed by atoms with E-state index in [2.05, 4.69) is 46.0 Å². The van der Waals surface area contributed by atoms with Crippen LogP contribution in [0, 0.1) is 51.2 Å². The highest BCUT2D eigenvalue weighted by Crippen LogP contribution is 2.80. The fourth-order valence-electron chi connectivity index (χ4n) is 17.4. The summed E-state index contributed by atoms with van der Waals surface area (Å²) in [5.74, 6) is -3.85. The number of aromatic hydroxyl groups is 2. The summed E-state index contributed by atoms with van der Waals surface area (Å²) in [6.45, 7) is 11.4. The molecule has 9 N–H and O–H groups in total. The molecule has 1 saturated heterocycles. The van der Waals surface area contributed by atoms with Crippen LogP contribution in [0.5, 0.6) is 11.5 Å². The molecule has 6 fully saturated rings. The van der Waals surface area contributed by atoms with Crippen LogP contribution in [0.1, 0.15) is 122 Å². The summed E-state index contributed by atoms with van der Waals surface area (Å²) in [4.78, 5) is 15.2. The summed E-state index contributed by atoms with van der Waals surface area (Å²) in [5, 5.41) is 101. The van der Waals surface area contributed by atoms with Gasteiger partial charge in [-0.1, -0.05) is 59.1 Å². The van der Waals surface area contributed by atoms with Crippen molar-refractivity contribution in [2.75, 3.05) is 19.7 Å². The lowest BCUT2D eigenvalue weighted by atomic mass is 9.36. The molecule has 0 amide bonds. The molecule has 1 aromatic carbocycles. The van der Waals surface area contributed by atoms with Crippen LogP contribution in [0.2, 0.25) is 0 Å². The molecular weight excluding hydrogens is 751 g/mol. The first kappa shape index (κ1) is 40.7. The summed E-state index contributed by atoms with van der Waals surface area (Å²) < 4.78 is 7.43. The number of likely N-dealkylation sites (N-methyl/N-ethyl adjacent to an activating group) is 1. The first-order valence-electron chi connectivity index (χ1n) is 22.8. The van der Waals surface area contributed by atoms with E-state index in [4.69, 9.17) is 4.74 Å². The van der Waals surface area contributed by atoms with E-state index < -0.39 is 74.7 Å². The summed E-state index contributed by atoms with van der Waals surface area (Å²) in [6, 6.07) is 2.82. The lowest BCUT2D eigenvalue weighted by molar-refractivity contribution is -0.254. The number of aliphatic hydroxyl groups is 6. The lowest BCUT2D eigenvalue weighted by Gasteiger charge is -2.69. The third-order valence-corrected chi connectivity index (χ3v) is 19.6. The summed E-state index contributed by atoms with van der Waals surface area (Å²) in [6.07, 6.45) is 7.23. The van der Waals surface area contributed by atoms with Gasteiger partial charge in [-0.2, -0.15) is 0 Å². The molecule has 59 heavy (non-hydrogen) atoms. The van der Waals surface area contributed by atoms with Crippen molar-refractivity contribution in [1.29, 1.82) is 0 Å². The summed E-state index contributed by atoms with van der Waals surface area (Å²) >= 11 is 0. The number of carbonyl (C=O) groups is 1. The minimum Gasteiger partial charge on any atom is -0.508 e. The van der Waals surface area contributed by atoms with Gasteiger partial charge in [-0.3, -0.25) is 4.79 Å². The quantitative estimate of drug-likeness (QED) is 0.192. The van der Waals surface area contributed by atoms with Crippen LogP contribution in [-0.2, 0) is 16.0 Å². The number of phenols is 2. The SMILES string of the molecule is CCNCC1=CC2(C)CCC1C1(OC3CC4(O)C5=CC(=O)C6C7c8cc(O)cc(O)c8CCC7(O)C(O)CC6(C)C5C5(CCCC5)CC4(C)C3C1(O)CCO)C(O)C2C. The van der Waals surface area contributed by atoms with Crippen LogP contribution in [0.3, 0.4) is 0 Å². The number of fused-ring (bicyclic) bond motifs is 14. The van der Waals surface area contributed by atoms with E-state index in [1.165, 1.54) is 12.1 Å². The number of aliphatic hydroxyl groups excluding tert-OH is 3. The van der Waals surface area contributed by atoms with Crippen molar-refractivity contribution in [2.45, 2.75) is 158 Å². The Balaban J connectivity index is 1.14. The van der Waals surface area contributed by atoms with Crippen molar-refractivity contribution < 1.29 is 50.4 Å². The highest BCUT2D eigenvalue weighted by Gasteiger charge is 2.84. The summed E-state index contributed by atoms with van der Waals surface area (Å²) in [7, 11) is 0. The van der Waals surface area contributed by atoms with E-state index in [9.17, 15) is 40.9 Å².